The second-order valence-corrected chi connectivity index (χ2v) is 18.4. The fourth-order valence-electron chi connectivity index (χ4n) is 8.36. The van der Waals surface area contributed by atoms with Crippen molar-refractivity contribution in [3.63, 3.8) is 0 Å². The smallest absolute Gasteiger partial charge is 0.285 e. The van der Waals surface area contributed by atoms with Gasteiger partial charge in [0.2, 0.25) is 0 Å². The van der Waals surface area contributed by atoms with Gasteiger partial charge in [0.1, 0.15) is 21.5 Å². The zero-order valence-electron chi connectivity index (χ0n) is 29.4. The Kier molecular flexibility index (Phi) is 10.3. The molecule has 1 unspecified atom stereocenters. The number of amides is 1. The van der Waals surface area contributed by atoms with Crippen LogP contribution in [0.3, 0.4) is 0 Å². The molecule has 1 fully saturated rings. The quantitative estimate of drug-likeness (QED) is 0.256. The van der Waals surface area contributed by atoms with Gasteiger partial charge < -0.3 is 14.4 Å². The molecule has 4 aliphatic rings. The minimum Gasteiger partial charge on any atom is -0.490 e. The minimum absolute atomic E-state index is 0.00998. The summed E-state index contributed by atoms with van der Waals surface area (Å²) in [5, 5.41) is 9.76. The highest BCUT2D eigenvalue weighted by Gasteiger charge is 2.44. The third-order valence-electron chi connectivity index (χ3n) is 11.1. The zero-order chi connectivity index (χ0) is 34.9. The molecule has 3 heterocycles. The highest BCUT2D eigenvalue weighted by molar-refractivity contribution is 7.94. The van der Waals surface area contributed by atoms with Crippen LogP contribution in [0.2, 0.25) is 0 Å². The summed E-state index contributed by atoms with van der Waals surface area (Å²) in [6.07, 6.45) is 11.5. The van der Waals surface area contributed by atoms with Crippen LogP contribution in [0, 0.1) is 25.7 Å². The fourth-order valence-corrected chi connectivity index (χ4v) is 11.0. The van der Waals surface area contributed by atoms with Crippen LogP contribution in [-0.4, -0.2) is 70.5 Å². The number of carbonyl (C=O) groups excluding carboxylic acids is 2. The Morgan fingerprint density at radius 2 is 2.02 bits per heavy atom. The molecule has 266 valence electrons. The summed E-state index contributed by atoms with van der Waals surface area (Å²) < 4.78 is 31.4. The van der Waals surface area contributed by atoms with Gasteiger partial charge in [0, 0.05) is 49.8 Å². The van der Waals surface area contributed by atoms with Gasteiger partial charge in [-0.25, -0.2) is 4.21 Å². The Balaban J connectivity index is 1.24. The molecule has 5 atom stereocenters. The Labute approximate surface area is 300 Å². The molecule has 2 aromatic carbocycles. The average Bonchev–Trinajstić information content (AvgIpc) is 3.44. The van der Waals surface area contributed by atoms with Gasteiger partial charge in [-0.3, -0.25) is 9.59 Å². The summed E-state index contributed by atoms with van der Waals surface area (Å²) in [5.74, 6) is 0.734. The van der Waals surface area contributed by atoms with E-state index in [0.29, 0.717) is 43.3 Å². The standard InChI is InChI=1S/C39H48N4O5S2/c1-26-10-15-33-28(20-26)8-7-18-39(33)24-43-22-30-11-14-32(30)35(47-3)9-5-4-6-19-50(46,23-31(44)13-17-37-41-40-27(2)49-37)42-38(45)29-12-16-36(48-25-39)34(43)21-29/h5,9-10,12,15-16,20-21,30,32,35H,4,6-8,11,13-14,17-19,22-25H2,1-3H3/b9-5+/t30-,32+,35-,39-,50?/m0/s1. The van der Waals surface area contributed by atoms with Crippen molar-refractivity contribution in [1.82, 2.24) is 10.2 Å². The van der Waals surface area contributed by atoms with Gasteiger partial charge in [0.25, 0.3) is 5.91 Å². The number of ether oxygens (including phenoxy) is 2. The van der Waals surface area contributed by atoms with Crippen molar-refractivity contribution >= 4 is 38.4 Å². The molecular formula is C39H48N4O5S2. The number of methoxy groups -OCH3 is 1. The molecule has 2 aliphatic carbocycles. The number of allylic oxidation sites excluding steroid dienone is 1. The van der Waals surface area contributed by atoms with E-state index >= 15 is 0 Å². The van der Waals surface area contributed by atoms with Crippen LogP contribution in [0.4, 0.5) is 5.69 Å². The lowest BCUT2D eigenvalue weighted by Gasteiger charge is -2.46. The predicted octanol–water partition coefficient (Wildman–Crippen LogP) is 6.83. The number of aryl methyl sites for hydroxylation is 4. The lowest BCUT2D eigenvalue weighted by molar-refractivity contribution is -0.116. The van der Waals surface area contributed by atoms with E-state index in [9.17, 15) is 13.8 Å². The Hall–Kier alpha value is -3.41. The van der Waals surface area contributed by atoms with Crippen molar-refractivity contribution in [2.24, 2.45) is 16.2 Å². The normalized spacial score (nSPS) is 28.7. The molecule has 2 bridgehead atoms. The van der Waals surface area contributed by atoms with Crippen molar-refractivity contribution in [2.45, 2.75) is 83.2 Å². The lowest BCUT2D eigenvalue weighted by atomic mass is 9.68. The molecule has 1 spiro atoms. The number of aromatic nitrogens is 2. The van der Waals surface area contributed by atoms with Crippen LogP contribution >= 0.6 is 11.3 Å². The molecule has 0 saturated heterocycles. The molecule has 9 nitrogen and oxygen atoms in total. The second kappa shape index (κ2) is 14.7. The first-order valence-corrected chi connectivity index (χ1v) is 20.7. The van der Waals surface area contributed by atoms with Crippen LogP contribution in [0.5, 0.6) is 5.75 Å². The first-order valence-electron chi connectivity index (χ1n) is 18.0. The fraction of sp³-hybridized carbons (Fsp3) is 0.538. The summed E-state index contributed by atoms with van der Waals surface area (Å²) in [6.45, 7) is 6.20. The number of anilines is 1. The van der Waals surface area contributed by atoms with E-state index < -0.39 is 15.6 Å². The summed E-state index contributed by atoms with van der Waals surface area (Å²) >= 11 is 1.45. The maximum Gasteiger partial charge on any atom is 0.285 e. The molecule has 11 heteroatoms. The zero-order valence-corrected chi connectivity index (χ0v) is 31.0. The number of Topliss-reactive ketones (excluding diaryl/α,β-unsaturated/α-hetero) is 1. The predicted molar refractivity (Wildman–Crippen MR) is 198 cm³/mol. The Morgan fingerprint density at radius 1 is 1.14 bits per heavy atom. The molecule has 0 N–H and O–H groups in total. The van der Waals surface area contributed by atoms with Crippen LogP contribution < -0.4 is 9.64 Å². The van der Waals surface area contributed by atoms with Gasteiger partial charge >= 0.3 is 0 Å². The Morgan fingerprint density at radius 3 is 2.80 bits per heavy atom. The summed E-state index contributed by atoms with van der Waals surface area (Å²) in [4.78, 5) is 29.5. The van der Waals surface area contributed by atoms with Crippen molar-refractivity contribution in [1.29, 1.82) is 0 Å². The molecule has 1 saturated carbocycles. The maximum atomic E-state index is 14.4. The first-order chi connectivity index (χ1) is 24.1. The SMILES string of the molecule is CO[C@H]1/C=C/CCCS(=O)(CC(=O)CCc2nnc(C)s2)=NC(=O)c2ccc3c(c2)N(C[C@@H]2CC[C@H]21)C[C@@]1(CCCc2cc(C)ccc21)CO3. The molecule has 3 aromatic rings. The molecule has 0 radical (unpaired) electrons. The van der Waals surface area contributed by atoms with E-state index in [2.05, 4.69) is 56.7 Å². The maximum absolute atomic E-state index is 14.4. The van der Waals surface area contributed by atoms with Gasteiger partial charge in [-0.2, -0.15) is 4.36 Å². The monoisotopic (exact) mass is 716 g/mol. The highest BCUT2D eigenvalue weighted by atomic mass is 32.2. The van der Waals surface area contributed by atoms with Crippen molar-refractivity contribution in [2.75, 3.05) is 43.2 Å². The van der Waals surface area contributed by atoms with E-state index in [1.165, 1.54) is 28.0 Å². The highest BCUT2D eigenvalue weighted by Crippen LogP contribution is 2.47. The summed E-state index contributed by atoms with van der Waals surface area (Å²) in [5.41, 5.74) is 5.11. The largest absolute Gasteiger partial charge is 0.490 e. The van der Waals surface area contributed by atoms with Gasteiger partial charge in [-0.1, -0.05) is 35.9 Å². The third-order valence-corrected chi connectivity index (χ3v) is 14.2. The van der Waals surface area contributed by atoms with E-state index in [1.807, 2.05) is 19.1 Å². The van der Waals surface area contributed by atoms with Crippen molar-refractivity contribution < 1.29 is 23.3 Å². The van der Waals surface area contributed by atoms with Crippen LogP contribution in [0.25, 0.3) is 0 Å². The van der Waals surface area contributed by atoms with E-state index in [4.69, 9.17) is 9.47 Å². The van der Waals surface area contributed by atoms with Crippen LogP contribution in [0.1, 0.15) is 82.0 Å². The number of hydrogen-bond donors (Lipinski definition) is 0. The van der Waals surface area contributed by atoms with Crippen LogP contribution in [0.15, 0.2) is 52.9 Å². The number of ketones is 1. The number of hydrogen-bond acceptors (Lipinski definition) is 9. The molecule has 2 aliphatic heterocycles. The first kappa shape index (κ1) is 35.0. The lowest BCUT2D eigenvalue weighted by Crippen LogP contribution is -2.49. The molecular weight excluding hydrogens is 669 g/mol. The molecule has 50 heavy (non-hydrogen) atoms. The van der Waals surface area contributed by atoms with E-state index in [1.54, 1.807) is 13.2 Å². The van der Waals surface area contributed by atoms with Crippen LogP contribution in [-0.2, 0) is 37.5 Å². The third kappa shape index (κ3) is 7.46. The number of nitrogens with zero attached hydrogens (tertiary/aromatic N) is 4. The summed E-state index contributed by atoms with van der Waals surface area (Å²) in [6, 6.07) is 12.3. The molecule has 1 aromatic heterocycles. The molecule has 7 rings (SSSR count). The number of benzene rings is 2. The van der Waals surface area contributed by atoms with Gasteiger partial charge in [0.15, 0.2) is 0 Å². The summed E-state index contributed by atoms with van der Waals surface area (Å²) in [7, 11) is -1.38. The number of carbonyl (C=O) groups is 2. The molecule has 1 amide bonds. The van der Waals surface area contributed by atoms with Crippen molar-refractivity contribution in [3.05, 3.63) is 80.8 Å². The number of rotatable bonds is 6. The van der Waals surface area contributed by atoms with Gasteiger partial charge in [-0.15, -0.1) is 21.5 Å². The minimum atomic E-state index is -3.16. The van der Waals surface area contributed by atoms with Gasteiger partial charge in [-0.05, 0) is 100.0 Å². The van der Waals surface area contributed by atoms with E-state index in [-0.39, 0.29) is 35.2 Å². The number of fused-ring (bicyclic) bond motifs is 4. The topological polar surface area (TPSA) is 111 Å². The van der Waals surface area contributed by atoms with E-state index in [0.717, 1.165) is 66.6 Å². The Bertz CT molecular complexity index is 1910. The second-order valence-electron chi connectivity index (χ2n) is 14.7. The average molecular weight is 717 g/mol. The van der Waals surface area contributed by atoms with Crippen molar-refractivity contribution in [3.8, 4) is 5.75 Å². The van der Waals surface area contributed by atoms with Gasteiger partial charge in [0.05, 0.1) is 33.9 Å².